The fourth-order valence-corrected chi connectivity index (χ4v) is 4.51. The Bertz CT molecular complexity index is 1270. The Balaban J connectivity index is 1.51. The molecule has 0 spiro atoms. The molecule has 2 N–H and O–H groups in total. The fourth-order valence-electron chi connectivity index (χ4n) is 3.36. The van der Waals surface area contributed by atoms with Gasteiger partial charge in [-0.2, -0.15) is 0 Å². The van der Waals surface area contributed by atoms with Gasteiger partial charge >= 0.3 is 0 Å². The molecule has 0 aliphatic heterocycles. The molecule has 1 amide bonds. The van der Waals surface area contributed by atoms with Gasteiger partial charge in [-0.25, -0.2) is 8.42 Å². The fraction of sp³-hybridized carbons (Fsp3) is 0.269. The van der Waals surface area contributed by atoms with Crippen molar-refractivity contribution in [2.75, 3.05) is 32.1 Å². The van der Waals surface area contributed by atoms with Crippen LogP contribution in [0.4, 0.5) is 5.69 Å². The van der Waals surface area contributed by atoms with Gasteiger partial charge in [0.2, 0.25) is 0 Å². The van der Waals surface area contributed by atoms with Crippen molar-refractivity contribution in [3.63, 3.8) is 0 Å². The molecule has 0 aromatic heterocycles. The summed E-state index contributed by atoms with van der Waals surface area (Å²) >= 11 is 0. The monoisotopic (exact) mass is 498 g/mol. The molecule has 0 aliphatic carbocycles. The maximum absolute atomic E-state index is 12.7. The average molecular weight is 499 g/mol. The van der Waals surface area contributed by atoms with Crippen LogP contribution in [-0.2, 0) is 21.2 Å². The molecule has 3 rings (SSSR count). The molecule has 0 bridgehead atoms. The zero-order chi connectivity index (χ0) is 25.4. The molecule has 0 fully saturated rings. The number of hydrogen-bond donors (Lipinski definition) is 2. The lowest BCUT2D eigenvalue weighted by atomic mass is 10.1. The Hall–Kier alpha value is -3.72. The van der Waals surface area contributed by atoms with E-state index in [0.29, 0.717) is 41.5 Å². The molecule has 0 saturated heterocycles. The smallest absolute Gasteiger partial charge is 0.261 e. The van der Waals surface area contributed by atoms with Crippen LogP contribution in [0.2, 0.25) is 0 Å². The summed E-state index contributed by atoms with van der Waals surface area (Å²) in [5.41, 5.74) is 3.12. The van der Waals surface area contributed by atoms with E-state index in [1.54, 1.807) is 39.3 Å². The third-order valence-corrected chi connectivity index (χ3v) is 6.68. The number of ether oxygens (including phenoxy) is 3. The summed E-state index contributed by atoms with van der Waals surface area (Å²) in [6.07, 6.45) is 0.617. The third kappa shape index (κ3) is 7.13. The topological polar surface area (TPSA) is 103 Å². The molecular formula is C26H30N2O6S. The molecule has 9 heteroatoms. The van der Waals surface area contributed by atoms with Gasteiger partial charge in [0, 0.05) is 12.2 Å². The molecule has 0 heterocycles. The first kappa shape index (κ1) is 25.9. The Kier molecular flexibility index (Phi) is 8.59. The summed E-state index contributed by atoms with van der Waals surface area (Å²) in [6.45, 7) is 3.91. The first-order chi connectivity index (χ1) is 16.7. The van der Waals surface area contributed by atoms with Crippen LogP contribution in [0, 0.1) is 13.8 Å². The molecular weight excluding hydrogens is 468 g/mol. The predicted octanol–water partition coefficient (Wildman–Crippen LogP) is 3.86. The maximum Gasteiger partial charge on any atom is 0.261 e. The van der Waals surface area contributed by atoms with Gasteiger partial charge in [-0.15, -0.1) is 0 Å². The second-order valence-corrected chi connectivity index (χ2v) is 9.66. The molecule has 0 atom stereocenters. The number of amides is 1. The molecule has 3 aromatic carbocycles. The van der Waals surface area contributed by atoms with Crippen molar-refractivity contribution in [2.24, 2.45) is 0 Å². The minimum absolute atomic E-state index is 0.113. The van der Waals surface area contributed by atoms with E-state index in [1.165, 1.54) is 12.1 Å². The highest BCUT2D eigenvalue weighted by Crippen LogP contribution is 2.27. The number of carbonyl (C=O) groups is 1. The first-order valence-electron chi connectivity index (χ1n) is 11.0. The summed E-state index contributed by atoms with van der Waals surface area (Å²) in [5, 5.41) is 2.81. The van der Waals surface area contributed by atoms with Gasteiger partial charge in [0.05, 0.1) is 19.1 Å². The highest BCUT2D eigenvalue weighted by molar-refractivity contribution is 7.92. The van der Waals surface area contributed by atoms with E-state index in [9.17, 15) is 13.2 Å². The summed E-state index contributed by atoms with van der Waals surface area (Å²) in [4.78, 5) is 12.3. The lowest BCUT2D eigenvalue weighted by molar-refractivity contribution is -0.123. The highest BCUT2D eigenvalue weighted by atomic mass is 32.2. The second-order valence-electron chi connectivity index (χ2n) is 7.98. The van der Waals surface area contributed by atoms with Gasteiger partial charge < -0.3 is 19.5 Å². The zero-order valence-electron chi connectivity index (χ0n) is 20.3. The SMILES string of the molecule is COc1ccc(CCNC(=O)COc2ccc(S(=O)(=O)Nc3ccc(C)cc3)cc2C)cc1OC. The van der Waals surface area contributed by atoms with E-state index < -0.39 is 10.0 Å². The maximum atomic E-state index is 12.7. The van der Waals surface area contributed by atoms with Crippen LogP contribution in [0.15, 0.2) is 65.6 Å². The number of rotatable bonds is 11. The van der Waals surface area contributed by atoms with Gasteiger partial charge in [0.1, 0.15) is 5.75 Å². The lowest BCUT2D eigenvalue weighted by Crippen LogP contribution is -2.30. The zero-order valence-corrected chi connectivity index (χ0v) is 21.1. The number of nitrogens with one attached hydrogen (secondary N) is 2. The molecule has 0 saturated carbocycles. The van der Waals surface area contributed by atoms with Crippen molar-refractivity contribution in [1.29, 1.82) is 0 Å². The summed E-state index contributed by atoms with van der Waals surface area (Å²) < 4.78 is 44.1. The Labute approximate surface area is 206 Å². The van der Waals surface area contributed by atoms with Crippen LogP contribution in [0.1, 0.15) is 16.7 Å². The molecule has 0 radical (unpaired) electrons. The van der Waals surface area contributed by atoms with Crippen molar-refractivity contribution in [1.82, 2.24) is 5.32 Å². The van der Waals surface area contributed by atoms with Crippen LogP contribution in [0.3, 0.4) is 0 Å². The first-order valence-corrected chi connectivity index (χ1v) is 12.5. The molecule has 35 heavy (non-hydrogen) atoms. The van der Waals surface area contributed by atoms with Crippen molar-refractivity contribution < 1.29 is 27.4 Å². The van der Waals surface area contributed by atoms with Crippen molar-refractivity contribution >= 4 is 21.6 Å². The van der Waals surface area contributed by atoms with E-state index >= 15 is 0 Å². The summed E-state index contributed by atoms with van der Waals surface area (Å²) in [7, 11) is -0.594. The molecule has 8 nitrogen and oxygen atoms in total. The Morgan fingerprint density at radius 1 is 0.857 bits per heavy atom. The van der Waals surface area contributed by atoms with Gasteiger partial charge in [0.25, 0.3) is 15.9 Å². The second kappa shape index (κ2) is 11.6. The minimum atomic E-state index is -3.75. The van der Waals surface area contributed by atoms with E-state index in [2.05, 4.69) is 10.0 Å². The molecule has 0 aliphatic rings. The van der Waals surface area contributed by atoms with Crippen molar-refractivity contribution in [3.8, 4) is 17.2 Å². The molecule has 0 unspecified atom stereocenters. The minimum Gasteiger partial charge on any atom is -0.493 e. The van der Waals surface area contributed by atoms with Crippen molar-refractivity contribution in [2.45, 2.75) is 25.2 Å². The third-order valence-electron chi connectivity index (χ3n) is 5.30. The van der Waals surface area contributed by atoms with Crippen LogP contribution < -0.4 is 24.2 Å². The van der Waals surface area contributed by atoms with Crippen molar-refractivity contribution in [3.05, 3.63) is 77.4 Å². The standard InChI is InChI=1S/C26H30N2O6S/c1-18-5-8-21(9-6-18)28-35(30,31)22-10-12-23(19(2)15-22)34-17-26(29)27-14-13-20-7-11-24(32-3)25(16-20)33-4/h5-12,15-16,28H,13-14,17H2,1-4H3,(H,27,29). The van der Waals surface area contributed by atoms with Gasteiger partial charge in [0.15, 0.2) is 18.1 Å². The summed E-state index contributed by atoms with van der Waals surface area (Å²) in [5.74, 6) is 1.44. The molecule has 186 valence electrons. The van der Waals surface area contributed by atoms with Gasteiger partial charge in [-0.05, 0) is 73.9 Å². The van der Waals surface area contributed by atoms with Gasteiger partial charge in [-0.1, -0.05) is 23.8 Å². The number of aryl methyl sites for hydroxylation is 2. The van der Waals surface area contributed by atoms with Gasteiger partial charge in [-0.3, -0.25) is 9.52 Å². The average Bonchev–Trinajstić information content (AvgIpc) is 2.84. The normalized spacial score (nSPS) is 11.0. The Morgan fingerprint density at radius 2 is 1.54 bits per heavy atom. The van der Waals surface area contributed by atoms with Crippen LogP contribution >= 0.6 is 0 Å². The van der Waals surface area contributed by atoms with Crippen LogP contribution in [0.5, 0.6) is 17.2 Å². The number of methoxy groups -OCH3 is 2. The largest absolute Gasteiger partial charge is 0.493 e. The predicted molar refractivity (Wildman–Crippen MR) is 135 cm³/mol. The number of benzene rings is 3. The lowest BCUT2D eigenvalue weighted by Gasteiger charge is -2.13. The van der Waals surface area contributed by atoms with E-state index in [4.69, 9.17) is 14.2 Å². The van der Waals surface area contributed by atoms with Crippen LogP contribution in [-0.4, -0.2) is 41.7 Å². The van der Waals surface area contributed by atoms with E-state index in [0.717, 1.165) is 11.1 Å². The molecule has 3 aromatic rings. The summed E-state index contributed by atoms with van der Waals surface area (Å²) in [6, 6.07) is 17.2. The quantitative estimate of drug-likeness (QED) is 0.416. The number of sulfonamides is 1. The number of hydrogen-bond acceptors (Lipinski definition) is 6. The highest BCUT2D eigenvalue weighted by Gasteiger charge is 2.16. The number of anilines is 1. The van der Waals surface area contributed by atoms with Crippen LogP contribution in [0.25, 0.3) is 0 Å². The van der Waals surface area contributed by atoms with E-state index in [-0.39, 0.29) is 17.4 Å². The Morgan fingerprint density at radius 3 is 2.20 bits per heavy atom. The van der Waals surface area contributed by atoms with E-state index in [1.807, 2.05) is 37.3 Å². The number of carbonyl (C=O) groups excluding carboxylic acids is 1.